The number of Topliss-reactive ketones (excluding diaryl/α,β-unsaturated/α-hetero) is 1. The molecule has 1 fully saturated rings. The van der Waals surface area contributed by atoms with E-state index in [1.807, 2.05) is 6.92 Å². The third-order valence-corrected chi connectivity index (χ3v) is 3.58. The minimum absolute atomic E-state index is 0.232. The Morgan fingerprint density at radius 3 is 2.57 bits per heavy atom. The first-order chi connectivity index (χ1) is 6.61. The van der Waals surface area contributed by atoms with Gasteiger partial charge in [-0.2, -0.15) is 0 Å². The van der Waals surface area contributed by atoms with E-state index in [0.717, 1.165) is 6.42 Å². The summed E-state index contributed by atoms with van der Waals surface area (Å²) in [6.07, 6.45) is 0.742. The van der Waals surface area contributed by atoms with E-state index in [9.17, 15) is 4.79 Å². The van der Waals surface area contributed by atoms with Crippen LogP contribution in [0.1, 0.15) is 36.0 Å². The maximum Gasteiger partial charge on any atom is 0.136 e. The highest BCUT2D eigenvalue weighted by molar-refractivity contribution is 5.89. The number of carbonyl (C=O) groups is 1. The topological polar surface area (TPSA) is 17.1 Å². The molecule has 74 valence electrons. The van der Waals surface area contributed by atoms with Gasteiger partial charge < -0.3 is 0 Å². The molecule has 1 saturated carbocycles. The van der Waals surface area contributed by atoms with Gasteiger partial charge in [0.15, 0.2) is 0 Å². The SMILES string of the molecule is Cc1cccc(C2CC(=O)C2C)c1C. The van der Waals surface area contributed by atoms with Gasteiger partial charge in [0.2, 0.25) is 0 Å². The summed E-state index contributed by atoms with van der Waals surface area (Å²) in [5.41, 5.74) is 4.06. The van der Waals surface area contributed by atoms with Crippen LogP contribution in [0.4, 0.5) is 0 Å². The Bertz CT molecular complexity index is 379. The van der Waals surface area contributed by atoms with Crippen molar-refractivity contribution < 1.29 is 4.79 Å². The number of carbonyl (C=O) groups excluding carboxylic acids is 1. The molecule has 2 rings (SSSR count). The lowest BCUT2D eigenvalue weighted by atomic mass is 9.69. The van der Waals surface area contributed by atoms with Crippen molar-refractivity contribution in [2.75, 3.05) is 0 Å². The normalized spacial score (nSPS) is 26.1. The minimum atomic E-state index is 0.232. The molecule has 0 heterocycles. The van der Waals surface area contributed by atoms with Gasteiger partial charge in [0.25, 0.3) is 0 Å². The highest BCUT2D eigenvalue weighted by Gasteiger charge is 2.37. The smallest absolute Gasteiger partial charge is 0.136 e. The lowest BCUT2D eigenvalue weighted by Gasteiger charge is -2.33. The molecule has 1 nitrogen and oxygen atoms in total. The number of rotatable bonds is 1. The van der Waals surface area contributed by atoms with Crippen molar-refractivity contribution in [1.29, 1.82) is 0 Å². The van der Waals surface area contributed by atoms with Gasteiger partial charge in [0.1, 0.15) is 5.78 Å². The summed E-state index contributed by atoms with van der Waals surface area (Å²) in [5.74, 6) is 1.12. The maximum atomic E-state index is 11.2. The first-order valence-electron chi connectivity index (χ1n) is 5.20. The van der Waals surface area contributed by atoms with Crippen molar-refractivity contribution in [3.8, 4) is 0 Å². The fourth-order valence-electron chi connectivity index (χ4n) is 2.20. The second-order valence-corrected chi connectivity index (χ2v) is 4.35. The Morgan fingerprint density at radius 2 is 2.00 bits per heavy atom. The molecule has 2 atom stereocenters. The van der Waals surface area contributed by atoms with Gasteiger partial charge in [0, 0.05) is 18.3 Å². The monoisotopic (exact) mass is 188 g/mol. The van der Waals surface area contributed by atoms with Crippen LogP contribution in [0.25, 0.3) is 0 Å². The van der Waals surface area contributed by atoms with E-state index < -0.39 is 0 Å². The molecular formula is C13H16O. The second kappa shape index (κ2) is 3.23. The predicted octanol–water partition coefficient (Wildman–Crippen LogP) is 3.00. The number of hydrogen-bond donors (Lipinski definition) is 0. The molecule has 0 bridgehead atoms. The third-order valence-electron chi connectivity index (χ3n) is 3.58. The number of aryl methyl sites for hydroxylation is 1. The summed E-state index contributed by atoms with van der Waals surface area (Å²) in [5, 5.41) is 0. The lowest BCUT2D eigenvalue weighted by Crippen LogP contribution is -2.33. The summed E-state index contributed by atoms with van der Waals surface area (Å²) in [6.45, 7) is 6.32. The van der Waals surface area contributed by atoms with Gasteiger partial charge in [-0.1, -0.05) is 25.1 Å². The molecule has 0 radical (unpaired) electrons. The lowest BCUT2D eigenvalue weighted by molar-refractivity contribution is -0.130. The zero-order chi connectivity index (χ0) is 10.3. The van der Waals surface area contributed by atoms with Crippen LogP contribution in [0, 0.1) is 19.8 Å². The van der Waals surface area contributed by atoms with Crippen molar-refractivity contribution in [1.82, 2.24) is 0 Å². The largest absolute Gasteiger partial charge is 0.299 e. The summed E-state index contributed by atoms with van der Waals surface area (Å²) in [6, 6.07) is 6.38. The summed E-state index contributed by atoms with van der Waals surface area (Å²) < 4.78 is 0. The van der Waals surface area contributed by atoms with Crippen LogP contribution in [0.2, 0.25) is 0 Å². The number of hydrogen-bond acceptors (Lipinski definition) is 1. The fourth-order valence-corrected chi connectivity index (χ4v) is 2.20. The molecule has 0 N–H and O–H groups in total. The van der Waals surface area contributed by atoms with E-state index in [1.54, 1.807) is 0 Å². The van der Waals surface area contributed by atoms with Gasteiger partial charge in [-0.3, -0.25) is 4.79 Å². The van der Waals surface area contributed by atoms with Gasteiger partial charge in [0.05, 0.1) is 0 Å². The Kier molecular flexibility index (Phi) is 2.18. The quantitative estimate of drug-likeness (QED) is 0.662. The average molecular weight is 188 g/mol. The summed E-state index contributed by atoms with van der Waals surface area (Å²) >= 11 is 0. The van der Waals surface area contributed by atoms with Gasteiger partial charge in [-0.25, -0.2) is 0 Å². The molecule has 0 spiro atoms. The Balaban J connectivity index is 2.34. The van der Waals surface area contributed by atoms with E-state index in [2.05, 4.69) is 32.0 Å². The summed E-state index contributed by atoms with van der Waals surface area (Å²) in [4.78, 5) is 11.2. The average Bonchev–Trinajstić information content (AvgIpc) is 2.19. The van der Waals surface area contributed by atoms with E-state index in [-0.39, 0.29) is 5.92 Å². The van der Waals surface area contributed by atoms with Gasteiger partial charge in [-0.15, -0.1) is 0 Å². The maximum absolute atomic E-state index is 11.2. The number of ketones is 1. The van der Waals surface area contributed by atoms with Crippen molar-refractivity contribution in [2.24, 2.45) is 5.92 Å². The van der Waals surface area contributed by atoms with Crippen molar-refractivity contribution >= 4 is 5.78 Å². The van der Waals surface area contributed by atoms with E-state index in [0.29, 0.717) is 11.7 Å². The van der Waals surface area contributed by atoms with Crippen molar-refractivity contribution in [3.05, 3.63) is 34.9 Å². The Morgan fingerprint density at radius 1 is 1.29 bits per heavy atom. The highest BCUT2D eigenvalue weighted by atomic mass is 16.1. The van der Waals surface area contributed by atoms with E-state index >= 15 is 0 Å². The molecule has 1 aliphatic rings. The number of benzene rings is 1. The van der Waals surface area contributed by atoms with Crippen LogP contribution in [-0.4, -0.2) is 5.78 Å². The molecule has 0 aliphatic heterocycles. The van der Waals surface area contributed by atoms with Gasteiger partial charge >= 0.3 is 0 Å². The van der Waals surface area contributed by atoms with E-state index in [4.69, 9.17) is 0 Å². The molecule has 0 aromatic heterocycles. The van der Waals surface area contributed by atoms with E-state index in [1.165, 1.54) is 16.7 Å². The van der Waals surface area contributed by atoms with Gasteiger partial charge in [-0.05, 0) is 30.5 Å². The molecule has 1 aliphatic carbocycles. The van der Waals surface area contributed by atoms with Crippen LogP contribution < -0.4 is 0 Å². The molecule has 1 heteroatoms. The first kappa shape index (κ1) is 9.45. The zero-order valence-corrected chi connectivity index (χ0v) is 9.00. The molecule has 14 heavy (non-hydrogen) atoms. The fraction of sp³-hybridized carbons (Fsp3) is 0.462. The van der Waals surface area contributed by atoms with Crippen LogP contribution in [0.5, 0.6) is 0 Å². The molecule has 1 aromatic rings. The standard InChI is InChI=1S/C13H16O/c1-8-5-4-6-11(9(8)2)12-7-13(14)10(12)3/h4-6,10,12H,7H2,1-3H3. The predicted molar refractivity (Wildman–Crippen MR) is 57.4 cm³/mol. The molecule has 0 saturated heterocycles. The Labute approximate surface area is 85.1 Å². The molecule has 1 aromatic carbocycles. The van der Waals surface area contributed by atoms with Crippen LogP contribution in [0.3, 0.4) is 0 Å². The Hall–Kier alpha value is -1.11. The molecule has 2 unspecified atom stereocenters. The van der Waals surface area contributed by atoms with Crippen LogP contribution in [-0.2, 0) is 4.79 Å². The zero-order valence-electron chi connectivity index (χ0n) is 9.00. The molecule has 0 amide bonds. The van der Waals surface area contributed by atoms with Crippen LogP contribution in [0.15, 0.2) is 18.2 Å². The molecular weight excluding hydrogens is 172 g/mol. The minimum Gasteiger partial charge on any atom is -0.299 e. The highest BCUT2D eigenvalue weighted by Crippen LogP contribution is 2.40. The summed E-state index contributed by atoms with van der Waals surface area (Å²) in [7, 11) is 0. The van der Waals surface area contributed by atoms with Crippen molar-refractivity contribution in [3.63, 3.8) is 0 Å². The van der Waals surface area contributed by atoms with Crippen molar-refractivity contribution in [2.45, 2.75) is 33.1 Å². The first-order valence-corrected chi connectivity index (χ1v) is 5.20. The van der Waals surface area contributed by atoms with Crippen LogP contribution >= 0.6 is 0 Å². The second-order valence-electron chi connectivity index (χ2n) is 4.35. The third kappa shape index (κ3) is 1.28.